The van der Waals surface area contributed by atoms with Gasteiger partial charge in [-0.05, 0) is 29.3 Å². The summed E-state index contributed by atoms with van der Waals surface area (Å²) < 4.78 is 0. The summed E-state index contributed by atoms with van der Waals surface area (Å²) in [5.74, 6) is 0. The van der Waals surface area contributed by atoms with Gasteiger partial charge < -0.3 is 5.11 Å². The van der Waals surface area contributed by atoms with E-state index < -0.39 is 6.10 Å². The SMILES string of the molecule is O[C@H](Cc1ccncc1)c1ccccc1Cl. The van der Waals surface area contributed by atoms with E-state index in [1.807, 2.05) is 30.3 Å². The van der Waals surface area contributed by atoms with Gasteiger partial charge >= 0.3 is 0 Å². The monoisotopic (exact) mass is 233 g/mol. The van der Waals surface area contributed by atoms with Gasteiger partial charge in [-0.1, -0.05) is 29.8 Å². The molecule has 0 radical (unpaired) electrons. The predicted molar refractivity (Wildman–Crippen MR) is 64.4 cm³/mol. The van der Waals surface area contributed by atoms with Crippen molar-refractivity contribution in [1.82, 2.24) is 4.98 Å². The van der Waals surface area contributed by atoms with Crippen molar-refractivity contribution in [2.75, 3.05) is 0 Å². The number of aliphatic hydroxyl groups excluding tert-OH is 1. The average molecular weight is 234 g/mol. The van der Waals surface area contributed by atoms with Gasteiger partial charge in [-0.2, -0.15) is 0 Å². The molecule has 0 fully saturated rings. The number of nitrogens with zero attached hydrogens (tertiary/aromatic N) is 1. The van der Waals surface area contributed by atoms with E-state index >= 15 is 0 Å². The summed E-state index contributed by atoms with van der Waals surface area (Å²) in [6.45, 7) is 0. The number of pyridine rings is 1. The summed E-state index contributed by atoms with van der Waals surface area (Å²) in [5.41, 5.74) is 1.81. The minimum Gasteiger partial charge on any atom is -0.388 e. The second kappa shape index (κ2) is 5.10. The van der Waals surface area contributed by atoms with E-state index in [9.17, 15) is 5.11 Å². The second-order valence-electron chi connectivity index (χ2n) is 3.60. The quantitative estimate of drug-likeness (QED) is 0.884. The zero-order chi connectivity index (χ0) is 11.4. The maximum atomic E-state index is 10.0. The highest BCUT2D eigenvalue weighted by atomic mass is 35.5. The van der Waals surface area contributed by atoms with Crippen molar-refractivity contribution in [3.63, 3.8) is 0 Å². The van der Waals surface area contributed by atoms with Crippen molar-refractivity contribution in [2.45, 2.75) is 12.5 Å². The number of hydrogen-bond donors (Lipinski definition) is 1. The lowest BCUT2D eigenvalue weighted by molar-refractivity contribution is 0.178. The molecule has 0 saturated carbocycles. The molecule has 1 aromatic carbocycles. The van der Waals surface area contributed by atoms with Crippen LogP contribution in [0.1, 0.15) is 17.2 Å². The van der Waals surface area contributed by atoms with Gasteiger partial charge in [0.05, 0.1) is 6.10 Å². The summed E-state index contributed by atoms with van der Waals surface area (Å²) in [5, 5.41) is 10.7. The van der Waals surface area contributed by atoms with Gasteiger partial charge in [-0.3, -0.25) is 4.98 Å². The van der Waals surface area contributed by atoms with Crippen molar-refractivity contribution in [3.8, 4) is 0 Å². The van der Waals surface area contributed by atoms with Crippen LogP contribution >= 0.6 is 11.6 Å². The molecule has 0 aliphatic carbocycles. The molecule has 0 bridgehead atoms. The molecule has 1 heterocycles. The highest BCUT2D eigenvalue weighted by molar-refractivity contribution is 6.31. The van der Waals surface area contributed by atoms with Crippen molar-refractivity contribution in [1.29, 1.82) is 0 Å². The fraction of sp³-hybridized carbons (Fsp3) is 0.154. The van der Waals surface area contributed by atoms with Crippen LogP contribution in [0.4, 0.5) is 0 Å². The summed E-state index contributed by atoms with van der Waals surface area (Å²) in [6.07, 6.45) is 3.41. The molecule has 0 aliphatic rings. The number of rotatable bonds is 3. The lowest BCUT2D eigenvalue weighted by atomic mass is 10.0. The first kappa shape index (κ1) is 11.1. The lowest BCUT2D eigenvalue weighted by Crippen LogP contribution is -2.02. The molecule has 1 N–H and O–H groups in total. The first-order valence-electron chi connectivity index (χ1n) is 5.09. The van der Waals surface area contributed by atoms with E-state index in [1.165, 1.54) is 0 Å². The Kier molecular flexibility index (Phi) is 3.54. The first-order chi connectivity index (χ1) is 7.77. The largest absolute Gasteiger partial charge is 0.388 e. The van der Waals surface area contributed by atoms with Gasteiger partial charge in [0.2, 0.25) is 0 Å². The van der Waals surface area contributed by atoms with Crippen LogP contribution in [-0.4, -0.2) is 10.1 Å². The Balaban J connectivity index is 2.15. The zero-order valence-electron chi connectivity index (χ0n) is 8.68. The standard InChI is InChI=1S/C13H12ClNO/c14-12-4-2-1-3-11(12)13(16)9-10-5-7-15-8-6-10/h1-8,13,16H,9H2/t13-/m1/s1. The van der Waals surface area contributed by atoms with Crippen LogP contribution in [0.15, 0.2) is 48.8 Å². The maximum Gasteiger partial charge on any atom is 0.0844 e. The average Bonchev–Trinajstić information content (AvgIpc) is 2.31. The van der Waals surface area contributed by atoms with Crippen LogP contribution in [0.3, 0.4) is 0 Å². The summed E-state index contributed by atoms with van der Waals surface area (Å²) in [4.78, 5) is 3.94. The van der Waals surface area contributed by atoms with E-state index in [2.05, 4.69) is 4.98 Å². The Hall–Kier alpha value is -1.38. The molecule has 0 aliphatic heterocycles. The Morgan fingerprint density at radius 1 is 1.12 bits per heavy atom. The lowest BCUT2D eigenvalue weighted by Gasteiger charge is -2.12. The molecule has 1 atom stereocenters. The summed E-state index contributed by atoms with van der Waals surface area (Å²) in [7, 11) is 0. The summed E-state index contributed by atoms with van der Waals surface area (Å²) in [6, 6.07) is 11.1. The van der Waals surface area contributed by atoms with E-state index in [1.54, 1.807) is 18.5 Å². The highest BCUT2D eigenvalue weighted by Gasteiger charge is 2.11. The molecule has 3 heteroatoms. The number of aliphatic hydroxyl groups is 1. The number of benzene rings is 1. The topological polar surface area (TPSA) is 33.1 Å². The number of hydrogen-bond acceptors (Lipinski definition) is 2. The van der Waals surface area contributed by atoms with Crippen molar-refractivity contribution < 1.29 is 5.11 Å². The molecule has 2 rings (SSSR count). The highest BCUT2D eigenvalue weighted by Crippen LogP contribution is 2.24. The minimum atomic E-state index is -0.573. The molecule has 1 aromatic heterocycles. The number of aromatic nitrogens is 1. The third-order valence-electron chi connectivity index (χ3n) is 2.44. The van der Waals surface area contributed by atoms with E-state index in [4.69, 9.17) is 11.6 Å². The molecule has 0 amide bonds. The molecular formula is C13H12ClNO. The van der Waals surface area contributed by atoms with Gasteiger partial charge in [0, 0.05) is 23.8 Å². The van der Waals surface area contributed by atoms with Crippen LogP contribution in [0, 0.1) is 0 Å². The van der Waals surface area contributed by atoms with Gasteiger partial charge in [0.1, 0.15) is 0 Å². The van der Waals surface area contributed by atoms with Gasteiger partial charge in [-0.25, -0.2) is 0 Å². The molecule has 0 unspecified atom stereocenters. The summed E-state index contributed by atoms with van der Waals surface area (Å²) >= 11 is 6.01. The Bertz CT molecular complexity index is 458. The smallest absolute Gasteiger partial charge is 0.0844 e. The zero-order valence-corrected chi connectivity index (χ0v) is 9.43. The first-order valence-corrected chi connectivity index (χ1v) is 5.46. The maximum absolute atomic E-state index is 10.0. The predicted octanol–water partition coefficient (Wildman–Crippen LogP) is 3.01. The molecule has 2 nitrogen and oxygen atoms in total. The van der Waals surface area contributed by atoms with Crippen LogP contribution in [0.25, 0.3) is 0 Å². The molecule has 0 saturated heterocycles. The van der Waals surface area contributed by atoms with Gasteiger partial charge in [0.15, 0.2) is 0 Å². The second-order valence-corrected chi connectivity index (χ2v) is 4.00. The third-order valence-corrected chi connectivity index (χ3v) is 2.79. The van der Waals surface area contributed by atoms with Gasteiger partial charge in [0.25, 0.3) is 0 Å². The van der Waals surface area contributed by atoms with Crippen LogP contribution < -0.4 is 0 Å². The van der Waals surface area contributed by atoms with Crippen LogP contribution in [-0.2, 0) is 6.42 Å². The third kappa shape index (κ3) is 2.60. The van der Waals surface area contributed by atoms with Crippen LogP contribution in [0.2, 0.25) is 5.02 Å². The number of halogens is 1. The van der Waals surface area contributed by atoms with E-state index in [0.29, 0.717) is 11.4 Å². The van der Waals surface area contributed by atoms with Crippen molar-refractivity contribution in [3.05, 3.63) is 64.9 Å². The van der Waals surface area contributed by atoms with Gasteiger partial charge in [-0.15, -0.1) is 0 Å². The normalized spacial score (nSPS) is 12.4. The fourth-order valence-electron chi connectivity index (χ4n) is 1.60. The molecule has 82 valence electrons. The minimum absolute atomic E-state index is 0.548. The van der Waals surface area contributed by atoms with Crippen molar-refractivity contribution >= 4 is 11.6 Å². The Morgan fingerprint density at radius 2 is 1.81 bits per heavy atom. The van der Waals surface area contributed by atoms with Crippen LogP contribution in [0.5, 0.6) is 0 Å². The Morgan fingerprint density at radius 3 is 2.50 bits per heavy atom. The van der Waals surface area contributed by atoms with E-state index in [-0.39, 0.29) is 0 Å². The molecule has 0 spiro atoms. The van der Waals surface area contributed by atoms with E-state index in [0.717, 1.165) is 11.1 Å². The molecular weight excluding hydrogens is 222 g/mol. The molecule has 16 heavy (non-hydrogen) atoms. The Labute approximate surface area is 99.5 Å². The molecule has 2 aromatic rings. The van der Waals surface area contributed by atoms with Crippen molar-refractivity contribution in [2.24, 2.45) is 0 Å². The fourth-order valence-corrected chi connectivity index (χ4v) is 1.86.